The third kappa shape index (κ3) is 2.75. The van der Waals surface area contributed by atoms with E-state index in [0.717, 1.165) is 0 Å². The third-order valence-electron chi connectivity index (χ3n) is 2.92. The molecular formula is C17H17BrS. The van der Waals surface area contributed by atoms with E-state index in [-0.39, 0.29) is 0 Å². The minimum Gasteiger partial charge on any atom is -0.134 e. The Kier molecular flexibility index (Phi) is 4.78. The lowest BCUT2D eigenvalue weighted by Crippen LogP contribution is -1.78. The van der Waals surface area contributed by atoms with Crippen LogP contribution in [-0.2, 0) is 0 Å². The summed E-state index contributed by atoms with van der Waals surface area (Å²) in [4.78, 5) is 1.32. The lowest BCUT2D eigenvalue weighted by Gasteiger charge is -2.02. The van der Waals surface area contributed by atoms with Gasteiger partial charge in [-0.1, -0.05) is 56.3 Å². The molecule has 0 fully saturated rings. The van der Waals surface area contributed by atoms with Gasteiger partial charge in [-0.05, 0) is 40.0 Å². The van der Waals surface area contributed by atoms with Crippen LogP contribution in [0.4, 0.5) is 0 Å². The van der Waals surface area contributed by atoms with Gasteiger partial charge in [0.15, 0.2) is 0 Å². The van der Waals surface area contributed by atoms with Crippen LogP contribution in [0.2, 0.25) is 0 Å². The van der Waals surface area contributed by atoms with Crippen LogP contribution in [0.15, 0.2) is 53.0 Å². The molecule has 98 valence electrons. The predicted molar refractivity (Wildman–Crippen MR) is 91.0 cm³/mol. The first-order valence-corrected chi connectivity index (χ1v) is 8.11. The number of hydrogen-bond donors (Lipinski definition) is 0. The lowest BCUT2D eigenvalue weighted by molar-refractivity contribution is 1.48. The van der Waals surface area contributed by atoms with Gasteiger partial charge in [-0.2, -0.15) is 0 Å². The van der Waals surface area contributed by atoms with Crippen LogP contribution in [0.3, 0.4) is 0 Å². The van der Waals surface area contributed by atoms with Crippen molar-refractivity contribution in [1.82, 2.24) is 0 Å². The molecule has 0 aliphatic rings. The number of fused-ring (bicyclic) bond motifs is 1. The fourth-order valence-electron chi connectivity index (χ4n) is 2.01. The molecule has 0 atom stereocenters. The molecule has 3 aromatic rings. The van der Waals surface area contributed by atoms with Crippen LogP contribution in [0.25, 0.3) is 20.5 Å². The Morgan fingerprint density at radius 2 is 1.53 bits per heavy atom. The summed E-state index contributed by atoms with van der Waals surface area (Å²) in [5.41, 5.74) is 2.64. The van der Waals surface area contributed by atoms with E-state index in [1.807, 2.05) is 25.2 Å². The van der Waals surface area contributed by atoms with Gasteiger partial charge in [-0.3, -0.25) is 0 Å². The van der Waals surface area contributed by atoms with Crippen LogP contribution in [-0.4, -0.2) is 0 Å². The molecule has 1 heterocycles. The highest BCUT2D eigenvalue weighted by molar-refractivity contribution is 9.10. The molecule has 0 unspecified atom stereocenters. The number of halogens is 1. The molecule has 19 heavy (non-hydrogen) atoms. The van der Waals surface area contributed by atoms with Crippen molar-refractivity contribution in [3.05, 3.63) is 58.6 Å². The summed E-state index contributed by atoms with van der Waals surface area (Å²) in [6.45, 7) is 6.16. The van der Waals surface area contributed by atoms with Crippen LogP contribution >= 0.6 is 27.3 Å². The van der Waals surface area contributed by atoms with Crippen LogP contribution < -0.4 is 0 Å². The van der Waals surface area contributed by atoms with Crippen LogP contribution in [0, 0.1) is 6.92 Å². The molecule has 0 aliphatic heterocycles. The summed E-state index contributed by atoms with van der Waals surface area (Å²) in [5.74, 6) is 0. The predicted octanol–water partition coefficient (Wildman–Crippen LogP) is 6.67. The first-order valence-electron chi connectivity index (χ1n) is 6.50. The SMILES string of the molecule is CC.Cc1ccccc1-c1sc2ccccc2c1Br. The van der Waals surface area contributed by atoms with E-state index in [1.54, 1.807) is 0 Å². The molecule has 0 saturated heterocycles. The Bertz CT molecular complexity index is 683. The summed E-state index contributed by atoms with van der Waals surface area (Å²) >= 11 is 5.58. The molecule has 0 spiro atoms. The zero-order valence-corrected chi connectivity index (χ0v) is 13.8. The fourth-order valence-corrected chi connectivity index (χ4v) is 4.13. The second-order valence-corrected chi connectivity index (χ2v) is 5.90. The Balaban J connectivity index is 0.000000637. The number of thiophene rings is 1. The molecule has 0 saturated carbocycles. The molecule has 0 amide bonds. The molecule has 3 rings (SSSR count). The van der Waals surface area contributed by atoms with E-state index >= 15 is 0 Å². The summed E-state index contributed by atoms with van der Waals surface area (Å²) < 4.78 is 2.55. The van der Waals surface area contributed by atoms with E-state index < -0.39 is 0 Å². The highest BCUT2D eigenvalue weighted by Gasteiger charge is 2.12. The van der Waals surface area contributed by atoms with Crippen molar-refractivity contribution in [3.8, 4) is 10.4 Å². The van der Waals surface area contributed by atoms with E-state index in [1.165, 1.54) is 30.6 Å². The van der Waals surface area contributed by atoms with Crippen LogP contribution in [0.1, 0.15) is 19.4 Å². The zero-order valence-electron chi connectivity index (χ0n) is 11.4. The fraction of sp³-hybridized carbons (Fsp3) is 0.176. The summed E-state index contributed by atoms with van der Waals surface area (Å²) in [6.07, 6.45) is 0. The molecule has 1 aromatic heterocycles. The van der Waals surface area contributed by atoms with E-state index in [9.17, 15) is 0 Å². The average molecular weight is 333 g/mol. The summed E-state index contributed by atoms with van der Waals surface area (Å²) in [6, 6.07) is 17.0. The van der Waals surface area contributed by atoms with Gasteiger partial charge >= 0.3 is 0 Å². The molecule has 0 aliphatic carbocycles. The highest BCUT2D eigenvalue weighted by atomic mass is 79.9. The summed E-state index contributed by atoms with van der Waals surface area (Å²) in [7, 11) is 0. The maximum atomic E-state index is 3.73. The molecule has 2 heteroatoms. The van der Waals surface area contributed by atoms with E-state index in [0.29, 0.717) is 0 Å². The van der Waals surface area contributed by atoms with Gasteiger partial charge in [0.1, 0.15) is 0 Å². The summed E-state index contributed by atoms with van der Waals surface area (Å²) in [5, 5.41) is 1.30. The third-order valence-corrected chi connectivity index (χ3v) is 5.21. The maximum Gasteiger partial charge on any atom is 0.0500 e. The Morgan fingerprint density at radius 3 is 2.21 bits per heavy atom. The monoisotopic (exact) mass is 332 g/mol. The van der Waals surface area contributed by atoms with Crippen molar-refractivity contribution < 1.29 is 0 Å². The van der Waals surface area contributed by atoms with Crippen molar-refractivity contribution in [2.24, 2.45) is 0 Å². The lowest BCUT2D eigenvalue weighted by atomic mass is 10.1. The molecule has 0 radical (unpaired) electrons. The van der Waals surface area contributed by atoms with Crippen molar-refractivity contribution in [3.63, 3.8) is 0 Å². The normalized spacial score (nSPS) is 10.1. The van der Waals surface area contributed by atoms with Gasteiger partial charge in [0, 0.05) is 19.4 Å². The Morgan fingerprint density at radius 1 is 0.895 bits per heavy atom. The molecule has 0 N–H and O–H groups in total. The first kappa shape index (κ1) is 14.3. The standard InChI is InChI=1S/C15H11BrS.C2H6/c1-10-6-2-3-7-11(10)15-14(16)12-8-4-5-9-13(12)17-15;1-2/h2-9H,1H3;1-2H3. The smallest absolute Gasteiger partial charge is 0.0500 e. The second kappa shape index (κ2) is 6.36. The van der Waals surface area contributed by atoms with Crippen molar-refractivity contribution >= 4 is 37.4 Å². The molecule has 2 aromatic carbocycles. The van der Waals surface area contributed by atoms with Crippen molar-refractivity contribution in [1.29, 1.82) is 0 Å². The van der Waals surface area contributed by atoms with Gasteiger partial charge in [0.25, 0.3) is 0 Å². The minimum atomic E-state index is 1.22. The molecular weight excluding hydrogens is 316 g/mol. The van der Waals surface area contributed by atoms with Gasteiger partial charge in [-0.25, -0.2) is 0 Å². The van der Waals surface area contributed by atoms with Gasteiger partial charge in [-0.15, -0.1) is 11.3 Å². The second-order valence-electron chi connectivity index (χ2n) is 4.06. The zero-order chi connectivity index (χ0) is 13.8. The minimum absolute atomic E-state index is 1.22. The topological polar surface area (TPSA) is 0 Å². The number of benzene rings is 2. The van der Waals surface area contributed by atoms with E-state index in [4.69, 9.17) is 0 Å². The van der Waals surface area contributed by atoms with Crippen LogP contribution in [0.5, 0.6) is 0 Å². The molecule has 0 nitrogen and oxygen atoms in total. The van der Waals surface area contributed by atoms with E-state index in [2.05, 4.69) is 71.4 Å². The number of hydrogen-bond acceptors (Lipinski definition) is 1. The highest BCUT2D eigenvalue weighted by Crippen LogP contribution is 2.42. The largest absolute Gasteiger partial charge is 0.134 e. The van der Waals surface area contributed by atoms with Gasteiger partial charge < -0.3 is 0 Å². The number of aryl methyl sites for hydroxylation is 1. The maximum absolute atomic E-state index is 3.73. The first-order chi connectivity index (χ1) is 9.27. The average Bonchev–Trinajstić information content (AvgIpc) is 2.79. The number of rotatable bonds is 1. The molecule has 0 bridgehead atoms. The van der Waals surface area contributed by atoms with Gasteiger partial charge in [0.2, 0.25) is 0 Å². The quantitative estimate of drug-likeness (QED) is 0.467. The van der Waals surface area contributed by atoms with Crippen molar-refractivity contribution in [2.45, 2.75) is 20.8 Å². The Hall–Kier alpha value is -1.12. The van der Waals surface area contributed by atoms with Gasteiger partial charge in [0.05, 0.1) is 0 Å². The van der Waals surface area contributed by atoms with Crippen molar-refractivity contribution in [2.75, 3.05) is 0 Å². The Labute approximate surface area is 127 Å².